The largest absolute Gasteiger partial charge is 0.255 e. The maximum Gasteiger partial charge on any atom is 0.0892 e. The maximum atomic E-state index is 4.69. The molecular formula is C44H40N2S2. The van der Waals surface area contributed by atoms with Crippen LogP contribution < -0.4 is 0 Å². The third kappa shape index (κ3) is 8.78. The molecule has 0 fully saturated rings. The van der Waals surface area contributed by atoms with Gasteiger partial charge in [-0.1, -0.05) is 112 Å². The minimum absolute atomic E-state index is 0.859. The van der Waals surface area contributed by atoms with Crippen LogP contribution in [0.1, 0.15) is 75.0 Å². The highest BCUT2D eigenvalue weighted by Gasteiger charge is 2.09. The third-order valence-corrected chi connectivity index (χ3v) is 10.3. The molecule has 48 heavy (non-hydrogen) atoms. The summed E-state index contributed by atoms with van der Waals surface area (Å²) in [5.41, 5.74) is 8.69. The molecule has 6 rings (SSSR count). The van der Waals surface area contributed by atoms with Gasteiger partial charge in [-0.2, -0.15) is 0 Å². The Hall–Kier alpha value is -4.74. The smallest absolute Gasteiger partial charge is 0.0892 e. The molecule has 4 aromatic heterocycles. The molecule has 4 heteroatoms. The molecule has 0 amide bonds. The summed E-state index contributed by atoms with van der Waals surface area (Å²) in [4.78, 5) is 14.1. The average Bonchev–Trinajstić information content (AvgIpc) is 3.82. The Morgan fingerprint density at radius 1 is 0.458 bits per heavy atom. The fourth-order valence-electron chi connectivity index (χ4n) is 5.50. The standard InChI is InChI=1S/C44H40N2S2/c1-3-5-7-9-11-13-39-23-25-43(47-39)35-19-15-33(16-20-35)37-27-29-45-41(31-37)42-32-38(28-30-46-42)34-17-21-36(22-18-34)44-26-24-40(48-44)14-12-10-8-6-4-2/h15-32H,3-10H2,1-2H3. The number of hydrogen-bond acceptors (Lipinski definition) is 4. The van der Waals surface area contributed by atoms with Crippen LogP contribution in [0.4, 0.5) is 0 Å². The molecule has 0 atom stereocenters. The van der Waals surface area contributed by atoms with E-state index in [9.17, 15) is 0 Å². The van der Waals surface area contributed by atoms with Gasteiger partial charge < -0.3 is 0 Å². The van der Waals surface area contributed by atoms with Gasteiger partial charge in [-0.15, -0.1) is 22.7 Å². The third-order valence-electron chi connectivity index (χ3n) is 8.23. The van der Waals surface area contributed by atoms with E-state index in [-0.39, 0.29) is 0 Å². The first kappa shape index (κ1) is 33.2. The van der Waals surface area contributed by atoms with E-state index in [1.54, 1.807) is 22.7 Å². The van der Waals surface area contributed by atoms with E-state index in [1.807, 2.05) is 12.4 Å². The second kappa shape index (κ2) is 16.9. The van der Waals surface area contributed by atoms with Gasteiger partial charge in [-0.05, 0) is 94.8 Å². The summed E-state index contributed by atoms with van der Waals surface area (Å²) in [7, 11) is 0. The Morgan fingerprint density at radius 2 is 0.875 bits per heavy atom. The lowest BCUT2D eigenvalue weighted by molar-refractivity contribution is 0.737. The molecule has 0 aliphatic heterocycles. The van der Waals surface area contributed by atoms with Crippen molar-refractivity contribution >= 4 is 22.7 Å². The Bertz CT molecular complexity index is 1910. The van der Waals surface area contributed by atoms with Crippen LogP contribution in [0, 0.1) is 23.7 Å². The van der Waals surface area contributed by atoms with Gasteiger partial charge in [0.15, 0.2) is 0 Å². The molecule has 0 bridgehead atoms. The van der Waals surface area contributed by atoms with Crippen molar-refractivity contribution in [1.82, 2.24) is 9.97 Å². The van der Waals surface area contributed by atoms with Crippen LogP contribution in [0.5, 0.6) is 0 Å². The topological polar surface area (TPSA) is 25.8 Å². The minimum atomic E-state index is 0.859. The van der Waals surface area contributed by atoms with Gasteiger partial charge in [0, 0.05) is 35.0 Å². The molecule has 0 saturated carbocycles. The summed E-state index contributed by atoms with van der Waals surface area (Å²) in [5, 5.41) is 0. The van der Waals surface area contributed by atoms with E-state index < -0.39 is 0 Å². The van der Waals surface area contributed by atoms with E-state index in [0.717, 1.165) is 56.2 Å². The number of nitrogens with zero attached hydrogens (tertiary/aromatic N) is 2. The first-order chi connectivity index (χ1) is 23.7. The summed E-state index contributed by atoms with van der Waals surface area (Å²) in [6.45, 7) is 4.45. The molecule has 0 saturated heterocycles. The SMILES string of the molecule is CCCCCC#Cc1ccc(-c2ccc(-c3ccnc(-c4cc(-c5ccc(-c6ccc(C#CCCCCC)s6)cc5)ccn4)c3)cc2)s1. The van der Waals surface area contributed by atoms with Crippen molar-refractivity contribution in [2.75, 3.05) is 0 Å². The normalized spacial score (nSPS) is 10.6. The summed E-state index contributed by atoms with van der Waals surface area (Å²) in [6.07, 6.45) is 13.0. The first-order valence-electron chi connectivity index (χ1n) is 17.0. The number of hydrogen-bond donors (Lipinski definition) is 0. The Kier molecular flexibility index (Phi) is 11.7. The van der Waals surface area contributed by atoms with E-state index in [0.29, 0.717) is 0 Å². The van der Waals surface area contributed by atoms with E-state index in [1.165, 1.54) is 59.4 Å². The molecule has 0 N–H and O–H groups in total. The molecule has 2 aromatic carbocycles. The number of pyridine rings is 2. The highest BCUT2D eigenvalue weighted by Crippen LogP contribution is 2.33. The summed E-state index contributed by atoms with van der Waals surface area (Å²) < 4.78 is 0. The number of rotatable bonds is 11. The number of benzene rings is 2. The lowest BCUT2D eigenvalue weighted by Crippen LogP contribution is -1.90. The molecule has 0 unspecified atom stereocenters. The van der Waals surface area contributed by atoms with Crippen molar-refractivity contribution in [3.05, 3.63) is 119 Å². The Morgan fingerprint density at radius 3 is 1.29 bits per heavy atom. The monoisotopic (exact) mass is 660 g/mol. The van der Waals surface area contributed by atoms with Gasteiger partial charge in [0.25, 0.3) is 0 Å². The predicted molar refractivity (Wildman–Crippen MR) is 207 cm³/mol. The van der Waals surface area contributed by atoms with Crippen molar-refractivity contribution in [1.29, 1.82) is 0 Å². The molecule has 4 heterocycles. The Labute approximate surface area is 294 Å². The second-order valence-electron chi connectivity index (χ2n) is 11.9. The van der Waals surface area contributed by atoms with Crippen LogP contribution in [0.3, 0.4) is 0 Å². The molecule has 0 spiro atoms. The average molecular weight is 661 g/mol. The van der Waals surface area contributed by atoms with Crippen molar-refractivity contribution < 1.29 is 0 Å². The summed E-state index contributed by atoms with van der Waals surface area (Å²) in [6, 6.07) is 34.5. The molecule has 2 nitrogen and oxygen atoms in total. The van der Waals surface area contributed by atoms with Gasteiger partial charge in [0.05, 0.1) is 21.1 Å². The summed E-state index contributed by atoms with van der Waals surface area (Å²) in [5.74, 6) is 13.3. The number of unbranched alkanes of at least 4 members (excludes halogenated alkanes) is 6. The molecule has 238 valence electrons. The van der Waals surface area contributed by atoms with Gasteiger partial charge >= 0.3 is 0 Å². The van der Waals surface area contributed by atoms with E-state index >= 15 is 0 Å². The lowest BCUT2D eigenvalue weighted by atomic mass is 10.0. The molecular weight excluding hydrogens is 621 g/mol. The Balaban J connectivity index is 1.13. The van der Waals surface area contributed by atoms with Crippen LogP contribution in [0.25, 0.3) is 54.5 Å². The van der Waals surface area contributed by atoms with Gasteiger partial charge in [-0.25, -0.2) is 0 Å². The lowest BCUT2D eigenvalue weighted by Gasteiger charge is -2.08. The van der Waals surface area contributed by atoms with Crippen LogP contribution >= 0.6 is 22.7 Å². The van der Waals surface area contributed by atoms with E-state index in [4.69, 9.17) is 0 Å². The van der Waals surface area contributed by atoms with Gasteiger partial charge in [0.2, 0.25) is 0 Å². The molecule has 6 aromatic rings. The van der Waals surface area contributed by atoms with Crippen molar-refractivity contribution in [2.45, 2.75) is 65.2 Å². The highest BCUT2D eigenvalue weighted by atomic mass is 32.1. The van der Waals surface area contributed by atoms with Crippen LogP contribution in [0.15, 0.2) is 109 Å². The van der Waals surface area contributed by atoms with Gasteiger partial charge in [0.1, 0.15) is 0 Å². The van der Waals surface area contributed by atoms with Crippen molar-refractivity contribution in [2.24, 2.45) is 0 Å². The molecule has 0 radical (unpaired) electrons. The van der Waals surface area contributed by atoms with Gasteiger partial charge in [-0.3, -0.25) is 9.97 Å². The van der Waals surface area contributed by atoms with Crippen molar-refractivity contribution in [3.63, 3.8) is 0 Å². The zero-order chi connectivity index (χ0) is 33.0. The first-order valence-corrected chi connectivity index (χ1v) is 18.6. The second-order valence-corrected chi connectivity index (χ2v) is 14.0. The number of aromatic nitrogens is 2. The quantitative estimate of drug-likeness (QED) is 0.102. The minimum Gasteiger partial charge on any atom is -0.255 e. The van der Waals surface area contributed by atoms with Crippen LogP contribution in [-0.2, 0) is 0 Å². The zero-order valence-corrected chi connectivity index (χ0v) is 29.4. The molecule has 0 aliphatic carbocycles. The van der Waals surface area contributed by atoms with Crippen LogP contribution in [-0.4, -0.2) is 9.97 Å². The van der Waals surface area contributed by atoms with Crippen molar-refractivity contribution in [3.8, 4) is 78.2 Å². The fourth-order valence-corrected chi connectivity index (χ4v) is 7.27. The number of thiophene rings is 2. The van der Waals surface area contributed by atoms with Crippen LogP contribution in [0.2, 0.25) is 0 Å². The predicted octanol–water partition coefficient (Wildman–Crippen LogP) is 12.8. The zero-order valence-electron chi connectivity index (χ0n) is 27.8. The summed E-state index contributed by atoms with van der Waals surface area (Å²) >= 11 is 3.52. The highest BCUT2D eigenvalue weighted by molar-refractivity contribution is 7.16. The fraction of sp³-hybridized carbons (Fsp3) is 0.227. The van der Waals surface area contributed by atoms with E-state index in [2.05, 4.69) is 145 Å². The molecule has 0 aliphatic rings. The maximum absolute atomic E-state index is 4.69.